The second-order valence-electron chi connectivity index (χ2n) is 11.3. The van der Waals surface area contributed by atoms with Crippen molar-refractivity contribution >= 4 is 28.4 Å². The van der Waals surface area contributed by atoms with Crippen molar-refractivity contribution in [2.24, 2.45) is 23.7 Å². The molecule has 4 unspecified atom stereocenters. The van der Waals surface area contributed by atoms with Crippen molar-refractivity contribution in [3.8, 4) is 0 Å². The molecule has 6 nitrogen and oxygen atoms in total. The van der Waals surface area contributed by atoms with Gasteiger partial charge in [-0.3, -0.25) is 19.4 Å². The van der Waals surface area contributed by atoms with Crippen LogP contribution in [0.4, 0.5) is 5.82 Å². The van der Waals surface area contributed by atoms with E-state index in [1.807, 2.05) is 6.20 Å². The zero-order chi connectivity index (χ0) is 23.8. The molecule has 6 rings (SSSR count). The first-order chi connectivity index (χ1) is 17.2. The lowest BCUT2D eigenvalue weighted by Crippen LogP contribution is -2.49. The minimum absolute atomic E-state index is 0.0184. The van der Waals surface area contributed by atoms with Crippen LogP contribution in [-0.4, -0.2) is 65.9 Å². The molecule has 35 heavy (non-hydrogen) atoms. The number of imide groups is 1. The number of piperazine rings is 1. The number of likely N-dealkylation sites (tertiary alicyclic amines) is 1. The molecule has 4 aliphatic rings. The third kappa shape index (κ3) is 4.57. The molecular formula is C29H38N4O2. The minimum Gasteiger partial charge on any atom is -0.354 e. The SMILES string of the molecule is O=C1C2CCCCC2C(=O)N1CC1CCCCC1CN1CCN(c2cc3ccccc3cn2)CC1. The van der Waals surface area contributed by atoms with Gasteiger partial charge < -0.3 is 4.90 Å². The van der Waals surface area contributed by atoms with Crippen LogP contribution >= 0.6 is 0 Å². The number of aromatic nitrogens is 1. The van der Waals surface area contributed by atoms with Gasteiger partial charge in [0.25, 0.3) is 0 Å². The van der Waals surface area contributed by atoms with Crippen LogP contribution in [0.25, 0.3) is 10.8 Å². The van der Waals surface area contributed by atoms with Gasteiger partial charge in [-0.15, -0.1) is 0 Å². The highest BCUT2D eigenvalue weighted by Gasteiger charge is 2.49. The van der Waals surface area contributed by atoms with Crippen molar-refractivity contribution in [2.75, 3.05) is 44.2 Å². The van der Waals surface area contributed by atoms with Crippen molar-refractivity contribution in [3.63, 3.8) is 0 Å². The number of carbonyl (C=O) groups excluding carboxylic acids is 2. The Morgan fingerprint density at radius 1 is 0.743 bits per heavy atom. The van der Waals surface area contributed by atoms with Crippen LogP contribution in [0.15, 0.2) is 36.5 Å². The van der Waals surface area contributed by atoms with Gasteiger partial charge in [0.05, 0.1) is 11.8 Å². The summed E-state index contributed by atoms with van der Waals surface area (Å²) in [6.07, 6.45) is 10.9. The van der Waals surface area contributed by atoms with Crippen molar-refractivity contribution in [3.05, 3.63) is 36.5 Å². The highest BCUT2D eigenvalue weighted by molar-refractivity contribution is 6.05. The third-order valence-corrected chi connectivity index (χ3v) is 9.22. The zero-order valence-corrected chi connectivity index (χ0v) is 20.8. The van der Waals surface area contributed by atoms with Gasteiger partial charge in [0, 0.05) is 50.9 Å². The van der Waals surface area contributed by atoms with Gasteiger partial charge in [-0.25, -0.2) is 4.98 Å². The molecule has 0 radical (unpaired) electrons. The molecule has 2 saturated heterocycles. The minimum atomic E-state index is -0.0184. The lowest BCUT2D eigenvalue weighted by atomic mass is 9.78. The number of carbonyl (C=O) groups is 2. The van der Waals surface area contributed by atoms with Crippen LogP contribution in [0, 0.1) is 23.7 Å². The van der Waals surface area contributed by atoms with E-state index in [-0.39, 0.29) is 23.7 Å². The number of hydrogen-bond donors (Lipinski definition) is 0. The number of hydrogen-bond acceptors (Lipinski definition) is 5. The Morgan fingerprint density at radius 2 is 1.34 bits per heavy atom. The largest absolute Gasteiger partial charge is 0.354 e. The fourth-order valence-electron chi connectivity index (χ4n) is 7.15. The maximum Gasteiger partial charge on any atom is 0.233 e. The van der Waals surface area contributed by atoms with E-state index in [1.165, 1.54) is 30.0 Å². The third-order valence-electron chi connectivity index (χ3n) is 9.22. The van der Waals surface area contributed by atoms with Crippen LogP contribution in [0.3, 0.4) is 0 Å². The van der Waals surface area contributed by atoms with E-state index in [2.05, 4.69) is 40.1 Å². The predicted octanol–water partition coefficient (Wildman–Crippen LogP) is 4.34. The second-order valence-corrected chi connectivity index (χ2v) is 11.3. The summed E-state index contributed by atoms with van der Waals surface area (Å²) < 4.78 is 0. The Balaban J connectivity index is 1.06. The Morgan fingerprint density at radius 3 is 2.03 bits per heavy atom. The molecule has 2 aliphatic heterocycles. The molecule has 1 aromatic carbocycles. The highest BCUT2D eigenvalue weighted by Crippen LogP contribution is 2.40. The Kier molecular flexibility index (Phi) is 6.48. The molecule has 6 heteroatoms. The molecule has 0 bridgehead atoms. The Hall–Kier alpha value is -2.47. The monoisotopic (exact) mass is 474 g/mol. The predicted molar refractivity (Wildman–Crippen MR) is 138 cm³/mol. The maximum absolute atomic E-state index is 13.1. The van der Waals surface area contributed by atoms with E-state index in [9.17, 15) is 9.59 Å². The molecule has 4 atom stereocenters. The van der Waals surface area contributed by atoms with Gasteiger partial charge in [0.1, 0.15) is 5.82 Å². The van der Waals surface area contributed by atoms with Crippen molar-refractivity contribution in [2.45, 2.75) is 51.4 Å². The van der Waals surface area contributed by atoms with Gasteiger partial charge in [0.15, 0.2) is 0 Å². The first kappa shape index (κ1) is 23.0. The number of amides is 2. The van der Waals surface area contributed by atoms with Gasteiger partial charge in [-0.05, 0) is 49.0 Å². The quantitative estimate of drug-likeness (QED) is 0.604. The molecule has 2 aliphatic carbocycles. The van der Waals surface area contributed by atoms with Gasteiger partial charge in [0.2, 0.25) is 11.8 Å². The number of fused-ring (bicyclic) bond motifs is 2. The number of pyridine rings is 1. The van der Waals surface area contributed by atoms with Crippen LogP contribution in [-0.2, 0) is 9.59 Å². The lowest BCUT2D eigenvalue weighted by Gasteiger charge is -2.40. The highest BCUT2D eigenvalue weighted by atomic mass is 16.2. The first-order valence-electron chi connectivity index (χ1n) is 13.8. The fraction of sp³-hybridized carbons (Fsp3) is 0.621. The first-order valence-corrected chi connectivity index (χ1v) is 13.8. The van der Waals surface area contributed by atoms with E-state index < -0.39 is 0 Å². The molecule has 2 amide bonds. The lowest BCUT2D eigenvalue weighted by molar-refractivity contribution is -0.141. The van der Waals surface area contributed by atoms with Crippen LogP contribution in [0.2, 0.25) is 0 Å². The van der Waals surface area contributed by atoms with Crippen molar-refractivity contribution < 1.29 is 9.59 Å². The van der Waals surface area contributed by atoms with Gasteiger partial charge in [-0.1, -0.05) is 49.9 Å². The summed E-state index contributed by atoms with van der Waals surface area (Å²) >= 11 is 0. The van der Waals surface area contributed by atoms with Gasteiger partial charge >= 0.3 is 0 Å². The number of benzene rings is 1. The molecule has 3 heterocycles. The molecule has 0 N–H and O–H groups in total. The van der Waals surface area contributed by atoms with E-state index in [4.69, 9.17) is 4.98 Å². The van der Waals surface area contributed by atoms with Crippen molar-refractivity contribution in [1.29, 1.82) is 0 Å². The number of anilines is 1. The number of nitrogens with zero attached hydrogens (tertiary/aromatic N) is 4. The summed E-state index contributed by atoms with van der Waals surface area (Å²) in [5, 5.41) is 2.43. The Labute approximate surface area is 208 Å². The molecular weight excluding hydrogens is 436 g/mol. The maximum atomic E-state index is 13.1. The molecule has 2 aromatic rings. The van der Waals surface area contributed by atoms with E-state index in [0.29, 0.717) is 18.4 Å². The Bertz CT molecular complexity index is 1060. The molecule has 186 valence electrons. The summed E-state index contributed by atoms with van der Waals surface area (Å²) in [6.45, 7) is 5.83. The molecule has 2 saturated carbocycles. The molecule has 4 fully saturated rings. The van der Waals surface area contributed by atoms with Crippen LogP contribution in [0.1, 0.15) is 51.4 Å². The van der Waals surface area contributed by atoms with Gasteiger partial charge in [-0.2, -0.15) is 0 Å². The molecule has 1 aromatic heterocycles. The zero-order valence-electron chi connectivity index (χ0n) is 20.8. The molecule has 0 spiro atoms. The normalized spacial score (nSPS) is 30.2. The average Bonchev–Trinajstić information content (AvgIpc) is 3.15. The summed E-state index contributed by atoms with van der Waals surface area (Å²) in [5.41, 5.74) is 0. The van der Waals surface area contributed by atoms with Crippen LogP contribution in [0.5, 0.6) is 0 Å². The summed E-state index contributed by atoms with van der Waals surface area (Å²) in [6, 6.07) is 10.6. The topological polar surface area (TPSA) is 56.8 Å². The fourth-order valence-corrected chi connectivity index (χ4v) is 7.15. The van der Waals surface area contributed by atoms with E-state index in [1.54, 1.807) is 4.90 Å². The van der Waals surface area contributed by atoms with Crippen molar-refractivity contribution in [1.82, 2.24) is 14.8 Å². The van der Waals surface area contributed by atoms with E-state index >= 15 is 0 Å². The van der Waals surface area contributed by atoms with E-state index in [0.717, 1.165) is 70.6 Å². The summed E-state index contributed by atoms with van der Waals surface area (Å²) in [4.78, 5) is 37.5. The average molecular weight is 475 g/mol. The summed E-state index contributed by atoms with van der Waals surface area (Å²) in [7, 11) is 0. The van der Waals surface area contributed by atoms with Crippen LogP contribution < -0.4 is 4.90 Å². The number of rotatable bonds is 5. The summed E-state index contributed by atoms with van der Waals surface area (Å²) in [5.74, 6) is 2.35. The standard InChI is InChI=1S/C29H38N4O2/c34-28-25-11-5-6-12-26(25)29(35)33(28)20-24-10-4-3-9-23(24)19-31-13-15-32(16-14-31)27-17-21-7-1-2-8-22(21)18-30-27/h1-2,7-8,17-18,23-26H,3-6,9-16,19-20H2. The smallest absolute Gasteiger partial charge is 0.233 e. The second kappa shape index (κ2) is 9.88.